The summed E-state index contributed by atoms with van der Waals surface area (Å²) in [5.41, 5.74) is -0.913. The van der Waals surface area contributed by atoms with Crippen molar-refractivity contribution in [2.75, 3.05) is 0 Å². The van der Waals surface area contributed by atoms with Crippen molar-refractivity contribution in [3.05, 3.63) is 25.3 Å². The van der Waals surface area contributed by atoms with Gasteiger partial charge in [0.1, 0.15) is 0 Å². The SMILES string of the molecule is C=C[C@@H](C)[C@@H]1OC(C)(C)O[C@H](C2CCCCC2)[C@H]1C.[B]C1(C)C(C)(C2CCCCC2)OC(C)(C)OC1(C)[C@H](C)C=C. The molecule has 234 valence electrons. The second-order valence-corrected chi connectivity index (χ2v) is 15.3. The molecular formula is C36H63BO4. The first-order valence-electron chi connectivity index (χ1n) is 16.7. The first-order chi connectivity index (χ1) is 18.9. The zero-order chi connectivity index (χ0) is 30.9. The van der Waals surface area contributed by atoms with Crippen molar-refractivity contribution in [2.45, 2.75) is 174 Å². The van der Waals surface area contributed by atoms with Gasteiger partial charge in [-0.3, -0.25) is 0 Å². The van der Waals surface area contributed by atoms with Crippen LogP contribution in [0.4, 0.5) is 0 Å². The molecule has 2 aliphatic carbocycles. The summed E-state index contributed by atoms with van der Waals surface area (Å²) in [5.74, 6) is 1.07. The first kappa shape index (κ1) is 34.9. The molecular weight excluding hydrogens is 507 g/mol. The van der Waals surface area contributed by atoms with Crippen LogP contribution in [0.2, 0.25) is 5.31 Å². The van der Waals surface area contributed by atoms with Crippen molar-refractivity contribution in [3.63, 3.8) is 0 Å². The molecule has 0 amide bonds. The maximum atomic E-state index is 6.97. The summed E-state index contributed by atoms with van der Waals surface area (Å²) in [6, 6.07) is 0. The summed E-state index contributed by atoms with van der Waals surface area (Å²) in [6.07, 6.45) is 17.6. The molecule has 41 heavy (non-hydrogen) atoms. The lowest BCUT2D eigenvalue weighted by Gasteiger charge is -2.66. The van der Waals surface area contributed by atoms with Gasteiger partial charge in [-0.15, -0.1) is 13.2 Å². The number of ether oxygens (including phenoxy) is 4. The summed E-state index contributed by atoms with van der Waals surface area (Å²) in [5, 5.41) is -0.592. The van der Waals surface area contributed by atoms with Crippen LogP contribution in [0, 0.1) is 29.6 Å². The van der Waals surface area contributed by atoms with Crippen LogP contribution in [0.5, 0.6) is 0 Å². The van der Waals surface area contributed by atoms with Gasteiger partial charge in [-0.1, -0.05) is 78.4 Å². The van der Waals surface area contributed by atoms with Gasteiger partial charge < -0.3 is 18.9 Å². The molecule has 2 saturated heterocycles. The van der Waals surface area contributed by atoms with Gasteiger partial charge >= 0.3 is 0 Å². The second kappa shape index (κ2) is 13.2. The fourth-order valence-corrected chi connectivity index (χ4v) is 8.49. The van der Waals surface area contributed by atoms with Crippen molar-refractivity contribution in [1.29, 1.82) is 0 Å². The molecule has 4 nitrogen and oxygen atoms in total. The maximum absolute atomic E-state index is 6.97. The molecule has 4 fully saturated rings. The van der Waals surface area contributed by atoms with E-state index in [4.69, 9.17) is 26.8 Å². The summed E-state index contributed by atoms with van der Waals surface area (Å²) >= 11 is 0. The molecule has 5 heteroatoms. The molecule has 0 spiro atoms. The van der Waals surface area contributed by atoms with Crippen LogP contribution in [-0.2, 0) is 18.9 Å². The van der Waals surface area contributed by atoms with Crippen molar-refractivity contribution in [3.8, 4) is 0 Å². The lowest BCUT2D eigenvalue weighted by Crippen LogP contribution is -2.69. The van der Waals surface area contributed by atoms with E-state index >= 15 is 0 Å². The highest BCUT2D eigenvalue weighted by molar-refractivity contribution is 6.17. The summed E-state index contributed by atoms with van der Waals surface area (Å²) < 4.78 is 25.4. The van der Waals surface area contributed by atoms with E-state index in [-0.39, 0.29) is 12.0 Å². The van der Waals surface area contributed by atoms with Crippen molar-refractivity contribution in [2.24, 2.45) is 29.6 Å². The van der Waals surface area contributed by atoms with E-state index in [9.17, 15) is 0 Å². The zero-order valence-corrected chi connectivity index (χ0v) is 28.4. The predicted molar refractivity (Wildman–Crippen MR) is 172 cm³/mol. The Balaban J connectivity index is 0.000000228. The molecule has 0 aromatic carbocycles. The second-order valence-electron chi connectivity index (χ2n) is 15.3. The van der Waals surface area contributed by atoms with Gasteiger partial charge in [-0.2, -0.15) is 0 Å². The fraction of sp³-hybridized carbons (Fsp3) is 0.889. The van der Waals surface area contributed by atoms with E-state index in [1.807, 2.05) is 26.0 Å². The Kier molecular flexibility index (Phi) is 11.2. The standard InChI is InChI=1S/C19H33BO2.C17H30O2/c1-8-14(2)17(5)19(7,20)18(6,22-16(3,4)21-17)15-12-10-9-11-13-15;1-6-12(2)15-13(3)16(19-17(4,5)18-15)14-10-8-7-9-11-14/h8,14-15H,1,9-13H2,2-7H3;6,12-16H,1,7-11H2,2-5H3/t14-,17?,18?,19?;12-,13+,15+,16+/m11/s1. The van der Waals surface area contributed by atoms with Crippen LogP contribution in [-0.4, -0.2) is 42.8 Å². The molecule has 0 bridgehead atoms. The topological polar surface area (TPSA) is 36.9 Å². The Labute approximate surface area is 255 Å². The smallest absolute Gasteiger partial charge is 0.164 e. The Morgan fingerprint density at radius 2 is 1.27 bits per heavy atom. The Morgan fingerprint density at radius 3 is 1.78 bits per heavy atom. The van der Waals surface area contributed by atoms with E-state index < -0.39 is 28.1 Å². The molecule has 4 rings (SSSR count). The van der Waals surface area contributed by atoms with Crippen LogP contribution in [0.1, 0.15) is 133 Å². The maximum Gasteiger partial charge on any atom is 0.164 e. The van der Waals surface area contributed by atoms with E-state index in [1.165, 1.54) is 64.2 Å². The molecule has 2 radical (unpaired) electrons. The van der Waals surface area contributed by atoms with Crippen molar-refractivity contribution >= 4 is 7.85 Å². The van der Waals surface area contributed by atoms with E-state index in [1.54, 1.807) is 0 Å². The Hall–Kier alpha value is -0.615. The molecule has 8 atom stereocenters. The highest BCUT2D eigenvalue weighted by atomic mass is 16.7. The Bertz CT molecular complexity index is 871. The van der Waals surface area contributed by atoms with Gasteiger partial charge in [0.2, 0.25) is 0 Å². The molecule has 4 aliphatic rings. The predicted octanol–water partition coefficient (Wildman–Crippen LogP) is 9.58. The largest absolute Gasteiger partial charge is 0.347 e. The van der Waals surface area contributed by atoms with Crippen molar-refractivity contribution < 1.29 is 18.9 Å². The monoisotopic (exact) mass is 570 g/mol. The third-order valence-electron chi connectivity index (χ3n) is 11.5. The van der Waals surface area contributed by atoms with Crippen LogP contribution in [0.15, 0.2) is 25.3 Å². The molecule has 2 aliphatic heterocycles. The molecule has 2 saturated carbocycles. The average Bonchev–Trinajstić information content (AvgIpc) is 2.93. The fourth-order valence-electron chi connectivity index (χ4n) is 8.49. The van der Waals surface area contributed by atoms with Gasteiger partial charge in [0, 0.05) is 17.8 Å². The van der Waals surface area contributed by atoms with Crippen molar-refractivity contribution in [1.82, 2.24) is 0 Å². The number of rotatable bonds is 6. The highest BCUT2D eigenvalue weighted by Crippen LogP contribution is 2.62. The van der Waals surface area contributed by atoms with Gasteiger partial charge in [0.15, 0.2) is 11.6 Å². The molecule has 0 N–H and O–H groups in total. The van der Waals surface area contributed by atoms with E-state index in [0.29, 0.717) is 29.8 Å². The third kappa shape index (κ3) is 7.21. The third-order valence-corrected chi connectivity index (χ3v) is 11.5. The summed E-state index contributed by atoms with van der Waals surface area (Å²) in [7, 11) is 6.97. The van der Waals surface area contributed by atoms with Crippen LogP contribution in [0.25, 0.3) is 0 Å². The minimum absolute atomic E-state index is 0.147. The van der Waals surface area contributed by atoms with Gasteiger partial charge in [-0.05, 0) is 84.4 Å². The van der Waals surface area contributed by atoms with Crippen LogP contribution >= 0.6 is 0 Å². The van der Waals surface area contributed by atoms with Crippen LogP contribution < -0.4 is 0 Å². The lowest BCUT2D eigenvalue weighted by molar-refractivity contribution is -0.390. The number of hydrogen-bond donors (Lipinski definition) is 0. The molecule has 0 aromatic heterocycles. The van der Waals surface area contributed by atoms with E-state index in [0.717, 1.165) is 0 Å². The van der Waals surface area contributed by atoms with Gasteiger partial charge in [0.05, 0.1) is 31.3 Å². The van der Waals surface area contributed by atoms with Crippen LogP contribution in [0.3, 0.4) is 0 Å². The minimum atomic E-state index is -0.642. The van der Waals surface area contributed by atoms with Gasteiger partial charge in [-0.25, -0.2) is 0 Å². The van der Waals surface area contributed by atoms with Gasteiger partial charge in [0.25, 0.3) is 0 Å². The molecule has 2 heterocycles. The molecule has 3 unspecified atom stereocenters. The first-order valence-corrected chi connectivity index (χ1v) is 16.7. The summed E-state index contributed by atoms with van der Waals surface area (Å²) in [6.45, 7) is 29.1. The Morgan fingerprint density at radius 1 is 0.732 bits per heavy atom. The van der Waals surface area contributed by atoms with E-state index in [2.05, 4.69) is 68.5 Å². The number of hydrogen-bond acceptors (Lipinski definition) is 4. The minimum Gasteiger partial charge on any atom is -0.347 e. The quantitative estimate of drug-likeness (QED) is 0.235. The lowest BCUT2D eigenvalue weighted by atomic mass is 9.45. The highest BCUT2D eigenvalue weighted by Gasteiger charge is 2.64. The zero-order valence-electron chi connectivity index (χ0n) is 28.4. The summed E-state index contributed by atoms with van der Waals surface area (Å²) in [4.78, 5) is 0. The average molecular weight is 571 g/mol. The molecule has 0 aromatic rings. The normalized spacial score (nSPS) is 41.4.